The average Bonchev–Trinajstić information content (AvgIpc) is 2.05. The summed E-state index contributed by atoms with van der Waals surface area (Å²) >= 11 is 3.99. The summed E-state index contributed by atoms with van der Waals surface area (Å²) in [5, 5.41) is 5.96. The van der Waals surface area contributed by atoms with Gasteiger partial charge in [-0.2, -0.15) is 23.5 Å². The van der Waals surface area contributed by atoms with Crippen molar-refractivity contribution in [2.24, 2.45) is 0 Å². The van der Waals surface area contributed by atoms with E-state index in [9.17, 15) is 0 Å². The number of hydrogen-bond acceptors (Lipinski definition) is 2. The summed E-state index contributed by atoms with van der Waals surface area (Å²) in [4.78, 5) is 0. The number of nitrogens with zero attached hydrogens (tertiary/aromatic N) is 1. The molecule has 0 heterocycles. The van der Waals surface area contributed by atoms with Gasteiger partial charge in [-0.05, 0) is 11.5 Å². The minimum atomic E-state index is 0.698. The van der Waals surface area contributed by atoms with Crippen molar-refractivity contribution in [1.29, 1.82) is 0 Å². The lowest BCUT2D eigenvalue weighted by atomic mass is 10.4. The normalized spacial score (nSPS) is 15.7. The Morgan fingerprint density at radius 1 is 0.923 bits per heavy atom. The van der Waals surface area contributed by atoms with Gasteiger partial charge in [-0.15, -0.1) is 0 Å². The van der Waals surface area contributed by atoms with Crippen LogP contribution in [0, 0.1) is 0 Å². The van der Waals surface area contributed by atoms with Crippen molar-refractivity contribution >= 4 is 23.5 Å². The summed E-state index contributed by atoms with van der Waals surface area (Å²) in [5.74, 6) is 2.41. The van der Waals surface area contributed by atoms with Crippen molar-refractivity contribution in [3.8, 4) is 0 Å². The highest BCUT2D eigenvalue weighted by atomic mass is 32.2. The Kier molecular flexibility index (Phi) is 9.69. The first kappa shape index (κ1) is 13.7. The summed E-state index contributed by atoms with van der Waals surface area (Å²) in [5.41, 5.74) is 0. The summed E-state index contributed by atoms with van der Waals surface area (Å²) < 4.78 is 0. The lowest BCUT2D eigenvalue weighted by Crippen LogP contribution is -2.22. The Hall–Kier alpha value is 0.660. The molecular weight excluding hydrogens is 198 g/mol. The molecule has 0 spiro atoms. The number of rotatable bonds is 8. The molecule has 0 saturated heterocycles. The van der Waals surface area contributed by atoms with Crippen molar-refractivity contribution in [3.63, 3.8) is 0 Å². The van der Waals surface area contributed by atoms with E-state index in [1.165, 1.54) is 11.5 Å². The maximum atomic E-state index is 4.57. The fraction of sp³-hybridized carbons (Fsp3) is 1.00. The average molecular weight is 220 g/mol. The van der Waals surface area contributed by atoms with Crippen LogP contribution in [0.5, 0.6) is 0 Å². The fourth-order valence-electron chi connectivity index (χ4n) is 1.11. The SMILES string of the molecule is CCSC(C)C[N]CC(C)SCC. The van der Waals surface area contributed by atoms with Crippen molar-refractivity contribution in [2.45, 2.75) is 38.2 Å². The summed E-state index contributed by atoms with van der Waals surface area (Å²) in [6, 6.07) is 0. The van der Waals surface area contributed by atoms with Crippen LogP contribution in [0.15, 0.2) is 0 Å². The molecule has 0 aliphatic heterocycles. The lowest BCUT2D eigenvalue weighted by Gasteiger charge is -2.12. The molecule has 1 radical (unpaired) electrons. The fourth-order valence-corrected chi connectivity index (χ4v) is 2.67. The first-order valence-corrected chi connectivity index (χ1v) is 7.16. The van der Waals surface area contributed by atoms with E-state index in [4.69, 9.17) is 0 Å². The van der Waals surface area contributed by atoms with Gasteiger partial charge in [-0.3, -0.25) is 0 Å². The van der Waals surface area contributed by atoms with Gasteiger partial charge < -0.3 is 0 Å². The maximum Gasteiger partial charge on any atom is 0.0250 e. The highest BCUT2D eigenvalue weighted by Gasteiger charge is 2.04. The molecule has 3 heteroatoms. The predicted octanol–water partition coefficient (Wildman–Crippen LogP) is 2.87. The molecule has 0 N–H and O–H groups in total. The van der Waals surface area contributed by atoms with Crippen LogP contribution < -0.4 is 5.32 Å². The van der Waals surface area contributed by atoms with Crippen LogP contribution in [0.4, 0.5) is 0 Å². The zero-order valence-electron chi connectivity index (χ0n) is 9.25. The van der Waals surface area contributed by atoms with Crippen LogP contribution in [-0.2, 0) is 0 Å². The topological polar surface area (TPSA) is 14.1 Å². The largest absolute Gasteiger partial charge is 0.240 e. The van der Waals surface area contributed by atoms with E-state index in [-0.39, 0.29) is 0 Å². The Labute approximate surface area is 91.8 Å². The molecule has 0 saturated carbocycles. The zero-order valence-corrected chi connectivity index (χ0v) is 10.9. The molecule has 0 rings (SSSR count). The highest BCUT2D eigenvalue weighted by Crippen LogP contribution is 2.10. The van der Waals surface area contributed by atoms with E-state index in [1.54, 1.807) is 0 Å². The molecule has 0 aromatic heterocycles. The molecule has 0 aliphatic rings. The first-order chi connectivity index (χ1) is 6.20. The molecule has 2 unspecified atom stereocenters. The molecule has 0 bridgehead atoms. The predicted molar refractivity (Wildman–Crippen MR) is 67.1 cm³/mol. The van der Waals surface area contributed by atoms with E-state index < -0.39 is 0 Å². The van der Waals surface area contributed by atoms with Gasteiger partial charge in [0, 0.05) is 23.6 Å². The summed E-state index contributed by atoms with van der Waals surface area (Å²) in [6.07, 6.45) is 0. The third-order valence-corrected chi connectivity index (χ3v) is 3.78. The second-order valence-corrected chi connectivity index (χ2v) is 6.55. The van der Waals surface area contributed by atoms with E-state index in [2.05, 4.69) is 33.0 Å². The minimum Gasteiger partial charge on any atom is -0.240 e. The molecule has 2 atom stereocenters. The van der Waals surface area contributed by atoms with Crippen LogP contribution in [-0.4, -0.2) is 35.1 Å². The Morgan fingerprint density at radius 2 is 1.31 bits per heavy atom. The quantitative estimate of drug-likeness (QED) is 0.624. The van der Waals surface area contributed by atoms with Gasteiger partial charge in [0.1, 0.15) is 0 Å². The van der Waals surface area contributed by atoms with Crippen molar-refractivity contribution in [2.75, 3.05) is 24.6 Å². The molecule has 1 nitrogen and oxygen atoms in total. The zero-order chi connectivity index (χ0) is 10.1. The van der Waals surface area contributed by atoms with Crippen molar-refractivity contribution < 1.29 is 0 Å². The molecule has 0 amide bonds. The molecule has 79 valence electrons. The summed E-state index contributed by atoms with van der Waals surface area (Å²) in [7, 11) is 0. The molecule has 0 aliphatic carbocycles. The van der Waals surface area contributed by atoms with Crippen molar-refractivity contribution in [1.82, 2.24) is 5.32 Å². The summed E-state index contributed by atoms with van der Waals surface area (Å²) in [6.45, 7) is 11.0. The maximum absolute atomic E-state index is 4.57. The van der Waals surface area contributed by atoms with Gasteiger partial charge in [0.25, 0.3) is 0 Å². The van der Waals surface area contributed by atoms with E-state index in [0.29, 0.717) is 10.5 Å². The second kappa shape index (κ2) is 9.22. The van der Waals surface area contributed by atoms with E-state index in [1.807, 2.05) is 23.5 Å². The Morgan fingerprint density at radius 3 is 1.62 bits per heavy atom. The molecule has 0 aromatic rings. The van der Waals surface area contributed by atoms with Crippen LogP contribution in [0.1, 0.15) is 27.7 Å². The van der Waals surface area contributed by atoms with Crippen molar-refractivity contribution in [3.05, 3.63) is 0 Å². The van der Waals surface area contributed by atoms with E-state index in [0.717, 1.165) is 13.1 Å². The molecule has 13 heavy (non-hydrogen) atoms. The van der Waals surface area contributed by atoms with Gasteiger partial charge in [0.2, 0.25) is 0 Å². The van der Waals surface area contributed by atoms with Gasteiger partial charge in [0.05, 0.1) is 0 Å². The van der Waals surface area contributed by atoms with Gasteiger partial charge in [0.15, 0.2) is 0 Å². The van der Waals surface area contributed by atoms with Gasteiger partial charge in [-0.1, -0.05) is 27.7 Å². The Balaban J connectivity index is 3.23. The minimum absolute atomic E-state index is 0.698. The molecular formula is C10H22NS2. The van der Waals surface area contributed by atoms with Crippen LogP contribution in [0.2, 0.25) is 0 Å². The smallest absolute Gasteiger partial charge is 0.0250 e. The third kappa shape index (κ3) is 8.98. The monoisotopic (exact) mass is 220 g/mol. The number of thioether (sulfide) groups is 2. The molecule has 0 fully saturated rings. The highest BCUT2D eigenvalue weighted by molar-refractivity contribution is 8.00. The van der Waals surface area contributed by atoms with Crippen LogP contribution in [0.25, 0.3) is 0 Å². The third-order valence-electron chi connectivity index (χ3n) is 1.67. The number of hydrogen-bond donors (Lipinski definition) is 0. The molecule has 0 aromatic carbocycles. The second-order valence-electron chi connectivity index (χ2n) is 3.12. The van der Waals surface area contributed by atoms with Crippen LogP contribution in [0.3, 0.4) is 0 Å². The standard InChI is InChI=1S/C10H22NS2/c1-5-12-9(3)7-11-8-10(4)13-6-2/h9-10H,5-8H2,1-4H3. The first-order valence-electron chi connectivity index (χ1n) is 5.07. The van der Waals surface area contributed by atoms with Gasteiger partial charge in [-0.25, -0.2) is 5.32 Å². The lowest BCUT2D eigenvalue weighted by molar-refractivity contribution is 0.663. The van der Waals surface area contributed by atoms with Gasteiger partial charge >= 0.3 is 0 Å². The Bertz CT molecular complexity index is 97.1. The van der Waals surface area contributed by atoms with Crippen LogP contribution >= 0.6 is 23.5 Å². The van der Waals surface area contributed by atoms with E-state index >= 15 is 0 Å².